The summed E-state index contributed by atoms with van der Waals surface area (Å²) < 4.78 is 65.2. The Kier molecular flexibility index (Phi) is 4.02. The van der Waals surface area contributed by atoms with Gasteiger partial charge in [0, 0.05) is 5.41 Å². The Hall–Kier alpha value is -1.47. The zero-order chi connectivity index (χ0) is 14.9. The summed E-state index contributed by atoms with van der Waals surface area (Å²) in [6.07, 6.45) is -3.35. The fourth-order valence-corrected chi connectivity index (χ4v) is 1.02. The molecule has 1 aromatic rings. The first-order valence-electron chi connectivity index (χ1n) is 5.33. The van der Waals surface area contributed by atoms with Crippen molar-refractivity contribution in [2.75, 3.05) is 6.61 Å². The maximum atomic E-state index is 12.6. The van der Waals surface area contributed by atoms with Crippen LogP contribution in [-0.4, -0.2) is 28.7 Å². The quantitative estimate of drug-likeness (QED) is 0.798. The van der Waals surface area contributed by atoms with Gasteiger partial charge in [-0.05, 0) is 0 Å². The Bertz CT molecular complexity index is 422. The summed E-state index contributed by atoms with van der Waals surface area (Å²) in [7, 11) is 0. The van der Waals surface area contributed by atoms with E-state index in [1.165, 1.54) is 6.20 Å². The molecule has 0 saturated heterocycles. The van der Waals surface area contributed by atoms with Crippen molar-refractivity contribution in [2.24, 2.45) is 0 Å². The van der Waals surface area contributed by atoms with E-state index in [9.17, 15) is 22.0 Å². The summed E-state index contributed by atoms with van der Waals surface area (Å²) >= 11 is 0. The molecule has 1 rings (SSSR count). The number of alkyl halides is 5. The molecule has 1 heterocycles. The number of nitrogens with zero attached hydrogens (tertiary/aromatic N) is 2. The molecule has 0 aliphatic rings. The molecular weight excluding hydrogens is 271 g/mol. The normalized spacial score (nSPS) is 13.5. The molecule has 0 N–H and O–H groups in total. The fraction of sp³-hybridized carbons (Fsp3) is 0.636. The van der Waals surface area contributed by atoms with Gasteiger partial charge in [-0.15, -0.1) is 0 Å². The first-order valence-corrected chi connectivity index (χ1v) is 5.33. The van der Waals surface area contributed by atoms with E-state index in [1.807, 2.05) is 20.8 Å². The Morgan fingerprint density at radius 2 is 1.58 bits per heavy atom. The number of hydrogen-bond donors (Lipinski definition) is 0. The largest absolute Gasteiger partial charge is 0.470 e. The third kappa shape index (κ3) is 4.00. The molecule has 0 saturated carbocycles. The van der Waals surface area contributed by atoms with E-state index >= 15 is 0 Å². The Labute approximate surface area is 106 Å². The summed E-state index contributed by atoms with van der Waals surface area (Å²) in [6, 6.07) is 0. The van der Waals surface area contributed by atoms with Gasteiger partial charge >= 0.3 is 12.1 Å². The van der Waals surface area contributed by atoms with Gasteiger partial charge in [0.15, 0.2) is 6.61 Å². The predicted molar refractivity (Wildman–Crippen MR) is 57.2 cm³/mol. The van der Waals surface area contributed by atoms with Crippen molar-refractivity contribution in [3.63, 3.8) is 0 Å². The number of rotatable bonds is 3. The molecule has 3 nitrogen and oxygen atoms in total. The van der Waals surface area contributed by atoms with Crippen LogP contribution in [0.5, 0.6) is 5.88 Å². The van der Waals surface area contributed by atoms with Crippen LogP contribution in [0.3, 0.4) is 0 Å². The van der Waals surface area contributed by atoms with Crippen molar-refractivity contribution >= 4 is 0 Å². The van der Waals surface area contributed by atoms with Gasteiger partial charge in [-0.3, -0.25) is 4.98 Å². The average molecular weight is 284 g/mol. The lowest BCUT2D eigenvalue weighted by molar-refractivity contribution is -0.290. The van der Waals surface area contributed by atoms with Crippen LogP contribution in [0.4, 0.5) is 22.0 Å². The molecule has 0 aliphatic carbocycles. The van der Waals surface area contributed by atoms with E-state index in [0.717, 1.165) is 6.20 Å². The molecule has 0 fully saturated rings. The van der Waals surface area contributed by atoms with Gasteiger partial charge in [-0.2, -0.15) is 22.0 Å². The van der Waals surface area contributed by atoms with Crippen molar-refractivity contribution in [1.29, 1.82) is 0 Å². The van der Waals surface area contributed by atoms with E-state index < -0.39 is 18.7 Å². The molecule has 1 aromatic heterocycles. The van der Waals surface area contributed by atoms with Crippen LogP contribution in [-0.2, 0) is 5.41 Å². The van der Waals surface area contributed by atoms with Crippen LogP contribution in [0, 0.1) is 0 Å². The van der Waals surface area contributed by atoms with E-state index in [4.69, 9.17) is 0 Å². The van der Waals surface area contributed by atoms with Crippen molar-refractivity contribution in [3.8, 4) is 5.88 Å². The third-order valence-corrected chi connectivity index (χ3v) is 2.21. The average Bonchev–Trinajstić information content (AvgIpc) is 2.24. The molecule has 0 atom stereocenters. The molecule has 8 heteroatoms. The summed E-state index contributed by atoms with van der Waals surface area (Å²) in [5.41, 5.74) is 0.268. The van der Waals surface area contributed by atoms with Gasteiger partial charge in [0.2, 0.25) is 5.88 Å². The number of hydrogen-bond acceptors (Lipinski definition) is 3. The molecule has 19 heavy (non-hydrogen) atoms. The van der Waals surface area contributed by atoms with Gasteiger partial charge in [-0.25, -0.2) is 4.98 Å². The lowest BCUT2D eigenvalue weighted by atomic mass is 9.93. The van der Waals surface area contributed by atoms with Crippen LogP contribution >= 0.6 is 0 Å². The van der Waals surface area contributed by atoms with Gasteiger partial charge in [-0.1, -0.05) is 20.8 Å². The van der Waals surface area contributed by atoms with Gasteiger partial charge in [0.25, 0.3) is 0 Å². The second-order valence-electron chi connectivity index (χ2n) is 4.98. The molecule has 0 unspecified atom stereocenters. The highest BCUT2D eigenvalue weighted by Gasteiger charge is 2.58. The Morgan fingerprint density at radius 3 is 1.95 bits per heavy atom. The minimum Gasteiger partial charge on any atom is -0.470 e. The van der Waals surface area contributed by atoms with Crippen LogP contribution in [0.2, 0.25) is 0 Å². The van der Waals surface area contributed by atoms with E-state index in [-0.39, 0.29) is 11.3 Å². The second-order valence-corrected chi connectivity index (χ2v) is 4.98. The summed E-state index contributed by atoms with van der Waals surface area (Å²) in [5, 5.41) is 0. The Balaban J connectivity index is 2.70. The van der Waals surface area contributed by atoms with Gasteiger partial charge in [0.1, 0.15) is 0 Å². The standard InChI is InChI=1S/C11H13F5N2O/c1-9(2,3)7-4-18-8(5-17-7)19-6-10(12,13)11(14,15)16/h4-5H,6H2,1-3H3. The molecule has 0 bridgehead atoms. The van der Waals surface area contributed by atoms with E-state index in [0.29, 0.717) is 5.69 Å². The van der Waals surface area contributed by atoms with E-state index in [2.05, 4.69) is 14.7 Å². The molecule has 0 aliphatic heterocycles. The maximum absolute atomic E-state index is 12.6. The first kappa shape index (κ1) is 15.6. The SMILES string of the molecule is CC(C)(C)c1cnc(OCC(F)(F)C(F)(F)F)cn1. The maximum Gasteiger partial charge on any atom is 0.456 e. The highest BCUT2D eigenvalue weighted by Crippen LogP contribution is 2.35. The van der Waals surface area contributed by atoms with Crippen molar-refractivity contribution < 1.29 is 26.7 Å². The molecule has 0 spiro atoms. The van der Waals surface area contributed by atoms with Crippen LogP contribution in [0.1, 0.15) is 26.5 Å². The molecule has 0 amide bonds. The summed E-state index contributed by atoms with van der Waals surface area (Å²) in [4.78, 5) is 7.54. The molecule has 108 valence electrons. The van der Waals surface area contributed by atoms with Crippen molar-refractivity contribution in [3.05, 3.63) is 18.1 Å². The zero-order valence-electron chi connectivity index (χ0n) is 10.6. The zero-order valence-corrected chi connectivity index (χ0v) is 10.6. The highest BCUT2D eigenvalue weighted by molar-refractivity contribution is 5.13. The van der Waals surface area contributed by atoms with Crippen molar-refractivity contribution in [1.82, 2.24) is 9.97 Å². The fourth-order valence-electron chi connectivity index (χ4n) is 1.02. The predicted octanol–water partition coefficient (Wildman–Crippen LogP) is 3.35. The highest BCUT2D eigenvalue weighted by atomic mass is 19.4. The minimum absolute atomic E-state index is 0.304. The lowest BCUT2D eigenvalue weighted by Crippen LogP contribution is -2.41. The molecule has 0 radical (unpaired) electrons. The number of aromatic nitrogens is 2. The summed E-state index contributed by atoms with van der Waals surface area (Å²) in [6.45, 7) is 3.75. The monoisotopic (exact) mass is 284 g/mol. The Morgan fingerprint density at radius 1 is 1.00 bits per heavy atom. The lowest BCUT2D eigenvalue weighted by Gasteiger charge is -2.20. The van der Waals surface area contributed by atoms with Crippen LogP contribution in [0.25, 0.3) is 0 Å². The van der Waals surface area contributed by atoms with Gasteiger partial charge in [0.05, 0.1) is 18.1 Å². The van der Waals surface area contributed by atoms with Crippen LogP contribution in [0.15, 0.2) is 12.4 Å². The minimum atomic E-state index is -5.65. The van der Waals surface area contributed by atoms with Crippen LogP contribution < -0.4 is 4.74 Å². The van der Waals surface area contributed by atoms with Crippen molar-refractivity contribution in [2.45, 2.75) is 38.3 Å². The smallest absolute Gasteiger partial charge is 0.456 e. The first-order chi connectivity index (χ1) is 8.43. The topological polar surface area (TPSA) is 35.0 Å². The third-order valence-electron chi connectivity index (χ3n) is 2.21. The number of halogens is 5. The summed E-state index contributed by atoms with van der Waals surface area (Å²) in [5.74, 6) is -5.30. The van der Waals surface area contributed by atoms with Gasteiger partial charge < -0.3 is 4.74 Å². The second kappa shape index (κ2) is 4.90. The molecule has 0 aromatic carbocycles. The number of ether oxygens (including phenoxy) is 1. The van der Waals surface area contributed by atoms with E-state index in [1.54, 1.807) is 0 Å². The molecular formula is C11H13F5N2O.